The molecule has 8 heteroatoms. The fraction of sp³-hybridized carbons (Fsp3) is 0.364. The summed E-state index contributed by atoms with van der Waals surface area (Å²) in [6, 6.07) is 35.6. The lowest BCUT2D eigenvalue weighted by Gasteiger charge is -2.37. The maximum absolute atomic E-state index is 13.1. The lowest BCUT2D eigenvalue weighted by atomic mass is 9.81. The zero-order chi connectivity index (χ0) is 37.8. The van der Waals surface area contributed by atoms with Crippen LogP contribution >= 0.6 is 0 Å². The Hall–Kier alpha value is -4.76. The van der Waals surface area contributed by atoms with Gasteiger partial charge in [0.2, 0.25) is 17.3 Å². The Bertz CT molecular complexity index is 1610. The van der Waals surface area contributed by atoms with Crippen molar-refractivity contribution in [3.05, 3.63) is 144 Å². The van der Waals surface area contributed by atoms with Crippen molar-refractivity contribution in [3.63, 3.8) is 0 Å². The number of ketones is 3. The van der Waals surface area contributed by atoms with Crippen molar-refractivity contribution in [3.8, 4) is 0 Å². The van der Waals surface area contributed by atoms with Gasteiger partial charge in [0.15, 0.2) is 11.3 Å². The standard InChI is InChI=1S/C24H31NO4.C20H22O3/c1-3-25(4-2)24(28,22(26)20-14-8-5-9-15-20)18-12-7-13-19-29-23(27)21-16-10-6-11-17-21;1-3-4-15-20(23-2,18(21)16-11-7-5-8-12-16)19(22)17-13-9-6-10-14-17/h5-6,8-11,14-17,28H,3-4,7,12-13,18-19H2,1-2H3;5-14H,3-4,15H2,1-2H3. The summed E-state index contributed by atoms with van der Waals surface area (Å²) in [6.07, 6.45) is 4.45. The molecule has 0 saturated heterocycles. The van der Waals surface area contributed by atoms with Gasteiger partial charge in [-0.15, -0.1) is 0 Å². The molecule has 0 radical (unpaired) electrons. The highest BCUT2D eigenvalue weighted by atomic mass is 16.5. The Morgan fingerprint density at radius 3 is 1.38 bits per heavy atom. The highest BCUT2D eigenvalue weighted by molar-refractivity contribution is 6.22. The molecule has 4 aromatic carbocycles. The number of ether oxygens (including phenoxy) is 2. The summed E-state index contributed by atoms with van der Waals surface area (Å²) < 4.78 is 10.9. The molecule has 4 aromatic rings. The van der Waals surface area contributed by atoms with Gasteiger partial charge in [0.25, 0.3) is 0 Å². The number of hydrogen-bond acceptors (Lipinski definition) is 8. The molecule has 0 fully saturated rings. The molecule has 1 N–H and O–H groups in total. The smallest absolute Gasteiger partial charge is 0.338 e. The maximum atomic E-state index is 13.1. The van der Waals surface area contributed by atoms with Crippen molar-refractivity contribution in [2.75, 3.05) is 26.8 Å². The molecule has 0 aliphatic rings. The van der Waals surface area contributed by atoms with Crippen molar-refractivity contribution in [1.82, 2.24) is 4.90 Å². The molecule has 1 unspecified atom stereocenters. The molecule has 0 aliphatic heterocycles. The molecule has 0 heterocycles. The Kier molecular flexibility index (Phi) is 17.3. The molecule has 0 saturated carbocycles. The lowest BCUT2D eigenvalue weighted by Crippen LogP contribution is -2.54. The van der Waals surface area contributed by atoms with E-state index in [9.17, 15) is 24.3 Å². The predicted octanol–water partition coefficient (Wildman–Crippen LogP) is 8.64. The molecule has 0 aliphatic carbocycles. The van der Waals surface area contributed by atoms with Crippen LogP contribution in [-0.4, -0.2) is 71.5 Å². The van der Waals surface area contributed by atoms with Crippen LogP contribution in [0.25, 0.3) is 0 Å². The fourth-order valence-corrected chi connectivity index (χ4v) is 6.14. The van der Waals surface area contributed by atoms with E-state index in [-0.39, 0.29) is 23.3 Å². The van der Waals surface area contributed by atoms with Crippen molar-refractivity contribution >= 4 is 23.3 Å². The van der Waals surface area contributed by atoms with Gasteiger partial charge >= 0.3 is 5.97 Å². The van der Waals surface area contributed by atoms with Crippen LogP contribution < -0.4 is 0 Å². The van der Waals surface area contributed by atoms with Crippen LogP contribution in [0.1, 0.15) is 107 Å². The Morgan fingerprint density at radius 1 is 0.558 bits per heavy atom. The number of methoxy groups -OCH3 is 1. The summed E-state index contributed by atoms with van der Waals surface area (Å²) in [7, 11) is 1.44. The first-order chi connectivity index (χ1) is 25.2. The zero-order valence-corrected chi connectivity index (χ0v) is 31.0. The summed E-state index contributed by atoms with van der Waals surface area (Å²) in [6.45, 7) is 7.40. The van der Waals surface area contributed by atoms with E-state index in [1.807, 2.05) is 45.0 Å². The van der Waals surface area contributed by atoms with E-state index in [1.54, 1.807) is 102 Å². The van der Waals surface area contributed by atoms with E-state index in [2.05, 4.69) is 0 Å². The molecule has 0 aromatic heterocycles. The van der Waals surface area contributed by atoms with Gasteiger partial charge in [-0.1, -0.05) is 136 Å². The Labute approximate surface area is 308 Å². The first kappa shape index (κ1) is 41.7. The average molecular weight is 708 g/mol. The molecule has 4 rings (SSSR count). The zero-order valence-electron chi connectivity index (χ0n) is 31.0. The molecule has 276 valence electrons. The number of Topliss-reactive ketones (excluding diaryl/α,β-unsaturated/α-hetero) is 3. The summed E-state index contributed by atoms with van der Waals surface area (Å²) in [4.78, 5) is 52.9. The fourth-order valence-electron chi connectivity index (χ4n) is 6.14. The molecule has 8 nitrogen and oxygen atoms in total. The summed E-state index contributed by atoms with van der Waals surface area (Å²) >= 11 is 0. The number of nitrogens with zero attached hydrogens (tertiary/aromatic N) is 1. The Balaban J connectivity index is 0.000000288. The van der Waals surface area contributed by atoms with E-state index in [4.69, 9.17) is 9.47 Å². The number of rotatable bonds is 20. The minimum Gasteiger partial charge on any atom is -0.462 e. The van der Waals surface area contributed by atoms with E-state index in [1.165, 1.54) is 7.11 Å². The van der Waals surface area contributed by atoms with Gasteiger partial charge < -0.3 is 14.6 Å². The summed E-state index contributed by atoms with van der Waals surface area (Å²) in [5.41, 5.74) is -0.940. The Morgan fingerprint density at radius 2 is 0.981 bits per heavy atom. The van der Waals surface area contributed by atoms with E-state index < -0.39 is 11.3 Å². The molecular formula is C44H53NO7. The highest BCUT2D eigenvalue weighted by Gasteiger charge is 2.46. The van der Waals surface area contributed by atoms with Crippen LogP contribution in [0, 0.1) is 0 Å². The summed E-state index contributed by atoms with van der Waals surface area (Å²) in [5, 5.41) is 11.3. The molecule has 0 amide bonds. The van der Waals surface area contributed by atoms with Crippen molar-refractivity contribution in [2.24, 2.45) is 0 Å². The van der Waals surface area contributed by atoms with E-state index >= 15 is 0 Å². The van der Waals surface area contributed by atoms with Crippen LogP contribution in [0.3, 0.4) is 0 Å². The number of carbonyl (C=O) groups excluding carboxylic acids is 4. The van der Waals surface area contributed by atoms with Gasteiger partial charge in [0.1, 0.15) is 0 Å². The number of hydrogen-bond donors (Lipinski definition) is 1. The summed E-state index contributed by atoms with van der Waals surface area (Å²) in [5.74, 6) is -1.15. The third kappa shape index (κ3) is 11.1. The van der Waals surface area contributed by atoms with Crippen LogP contribution in [0.4, 0.5) is 0 Å². The van der Waals surface area contributed by atoms with Crippen molar-refractivity contribution in [2.45, 2.75) is 77.0 Å². The van der Waals surface area contributed by atoms with Gasteiger partial charge in [-0.05, 0) is 63.7 Å². The second kappa shape index (κ2) is 21.6. The monoisotopic (exact) mass is 707 g/mol. The first-order valence-electron chi connectivity index (χ1n) is 18.2. The van der Waals surface area contributed by atoms with E-state index in [0.717, 1.165) is 19.3 Å². The number of likely N-dealkylation sites (N-methyl/N-ethyl adjacent to an activating group) is 1. The molecule has 0 spiro atoms. The minimum atomic E-state index is -1.52. The lowest BCUT2D eigenvalue weighted by molar-refractivity contribution is -0.0789. The second-order valence-corrected chi connectivity index (χ2v) is 12.5. The number of carbonyl (C=O) groups is 4. The molecule has 1 atom stereocenters. The third-order valence-electron chi connectivity index (χ3n) is 9.13. The van der Waals surface area contributed by atoms with Crippen LogP contribution in [-0.2, 0) is 9.47 Å². The van der Waals surface area contributed by atoms with Gasteiger partial charge in [0.05, 0.1) is 12.2 Å². The maximum Gasteiger partial charge on any atom is 0.338 e. The predicted molar refractivity (Wildman–Crippen MR) is 205 cm³/mol. The minimum absolute atomic E-state index is 0.266. The second-order valence-electron chi connectivity index (χ2n) is 12.5. The number of benzene rings is 4. The molecule has 0 bridgehead atoms. The van der Waals surface area contributed by atoms with Crippen LogP contribution in [0.5, 0.6) is 0 Å². The SMILES string of the molecule is CCCCC(OC)(C(=O)c1ccccc1)C(=O)c1ccccc1.CCN(CC)C(O)(CCCCCOC(=O)c1ccccc1)C(=O)c1ccccc1. The number of unbranched alkanes of at least 4 members (excludes halogenated alkanes) is 3. The number of aliphatic hydroxyl groups is 1. The van der Waals surface area contributed by atoms with Gasteiger partial charge in [0, 0.05) is 23.8 Å². The van der Waals surface area contributed by atoms with Crippen molar-refractivity contribution in [1.29, 1.82) is 0 Å². The van der Waals surface area contributed by atoms with Crippen LogP contribution in [0.2, 0.25) is 0 Å². The largest absolute Gasteiger partial charge is 0.462 e. The quantitative estimate of drug-likeness (QED) is 0.0320. The molecule has 52 heavy (non-hydrogen) atoms. The van der Waals surface area contributed by atoms with Gasteiger partial charge in [-0.3, -0.25) is 19.3 Å². The van der Waals surface area contributed by atoms with E-state index in [0.29, 0.717) is 67.6 Å². The highest BCUT2D eigenvalue weighted by Crippen LogP contribution is 2.29. The molecular weight excluding hydrogens is 654 g/mol. The first-order valence-corrected chi connectivity index (χ1v) is 18.2. The van der Waals surface area contributed by atoms with Gasteiger partial charge in [-0.2, -0.15) is 0 Å². The average Bonchev–Trinajstić information content (AvgIpc) is 3.21. The third-order valence-corrected chi connectivity index (χ3v) is 9.13. The van der Waals surface area contributed by atoms with Crippen molar-refractivity contribution < 1.29 is 33.8 Å². The number of esters is 1. The van der Waals surface area contributed by atoms with Gasteiger partial charge in [-0.25, -0.2) is 4.79 Å². The topological polar surface area (TPSA) is 110 Å². The normalized spacial score (nSPS) is 12.3. The van der Waals surface area contributed by atoms with Crippen LogP contribution in [0.15, 0.2) is 121 Å².